The van der Waals surface area contributed by atoms with Crippen LogP contribution in [-0.4, -0.2) is 34.3 Å². The van der Waals surface area contributed by atoms with Gasteiger partial charge in [-0.1, -0.05) is 6.92 Å². The molecule has 9 heteroatoms. The maximum absolute atomic E-state index is 12.7. The molecule has 112 valence electrons. The van der Waals surface area contributed by atoms with Gasteiger partial charge in [-0.15, -0.1) is 0 Å². The van der Waals surface area contributed by atoms with Gasteiger partial charge in [0.2, 0.25) is 5.82 Å². The van der Waals surface area contributed by atoms with Gasteiger partial charge in [-0.05, 0) is 12.3 Å². The number of nitrogens with one attached hydrogen (secondary N) is 1. The van der Waals surface area contributed by atoms with Gasteiger partial charge in [0, 0.05) is 19.2 Å². The Morgan fingerprint density at radius 3 is 2.70 bits per heavy atom. The number of aliphatic hydroxyl groups excluding tert-OH is 1. The summed E-state index contributed by atoms with van der Waals surface area (Å²) in [7, 11) is 0. The average molecular weight is 291 g/mol. The second-order valence-electron chi connectivity index (χ2n) is 4.86. The molecule has 0 amide bonds. The molecule has 2 unspecified atom stereocenters. The lowest BCUT2D eigenvalue weighted by Gasteiger charge is -2.35. The Labute approximate surface area is 113 Å². The highest BCUT2D eigenvalue weighted by Crippen LogP contribution is 2.30. The third kappa shape index (κ3) is 3.10. The van der Waals surface area contributed by atoms with Gasteiger partial charge in [-0.3, -0.25) is 0 Å². The molecule has 1 saturated heterocycles. The molecular weight excluding hydrogens is 275 g/mol. The van der Waals surface area contributed by atoms with E-state index in [4.69, 9.17) is 5.84 Å². The van der Waals surface area contributed by atoms with Gasteiger partial charge >= 0.3 is 6.18 Å². The van der Waals surface area contributed by atoms with Crippen LogP contribution in [0.15, 0.2) is 6.07 Å². The van der Waals surface area contributed by atoms with E-state index in [-0.39, 0.29) is 24.1 Å². The molecule has 1 aromatic heterocycles. The summed E-state index contributed by atoms with van der Waals surface area (Å²) < 4.78 is 38.2. The van der Waals surface area contributed by atoms with Gasteiger partial charge in [0.05, 0.1) is 6.10 Å². The molecule has 2 rings (SSSR count). The summed E-state index contributed by atoms with van der Waals surface area (Å²) in [5, 5.41) is 9.82. The average Bonchev–Trinajstić information content (AvgIpc) is 2.40. The number of rotatable bonds is 2. The molecule has 0 aliphatic carbocycles. The van der Waals surface area contributed by atoms with Gasteiger partial charge in [-0.2, -0.15) is 13.2 Å². The van der Waals surface area contributed by atoms with Crippen molar-refractivity contribution >= 4 is 11.6 Å². The molecule has 0 aromatic carbocycles. The molecule has 20 heavy (non-hydrogen) atoms. The molecule has 0 spiro atoms. The quantitative estimate of drug-likeness (QED) is 0.556. The van der Waals surface area contributed by atoms with Crippen LogP contribution in [-0.2, 0) is 6.18 Å². The molecule has 2 heterocycles. The highest BCUT2D eigenvalue weighted by atomic mass is 19.4. The number of anilines is 2. The summed E-state index contributed by atoms with van der Waals surface area (Å²) in [6, 6.07) is 1.33. The number of hydrogen-bond donors (Lipinski definition) is 3. The lowest BCUT2D eigenvalue weighted by molar-refractivity contribution is -0.144. The van der Waals surface area contributed by atoms with Gasteiger partial charge in [0.25, 0.3) is 0 Å². The zero-order valence-electron chi connectivity index (χ0n) is 10.9. The molecular formula is C11H16F3N5O. The molecule has 4 N–H and O–H groups in total. The minimum atomic E-state index is -4.65. The Bertz CT molecular complexity index is 482. The summed E-state index contributed by atoms with van der Waals surface area (Å²) >= 11 is 0. The molecule has 1 aliphatic heterocycles. The fourth-order valence-electron chi connectivity index (χ4n) is 2.05. The fourth-order valence-corrected chi connectivity index (χ4v) is 2.05. The van der Waals surface area contributed by atoms with Crippen molar-refractivity contribution in [1.29, 1.82) is 0 Å². The highest BCUT2D eigenvalue weighted by molar-refractivity contribution is 5.49. The second-order valence-corrected chi connectivity index (χ2v) is 4.86. The highest BCUT2D eigenvalue weighted by Gasteiger charge is 2.36. The van der Waals surface area contributed by atoms with E-state index >= 15 is 0 Å². The zero-order valence-corrected chi connectivity index (χ0v) is 10.9. The monoisotopic (exact) mass is 291 g/mol. The number of alkyl halides is 3. The number of aromatic nitrogens is 2. The van der Waals surface area contributed by atoms with E-state index in [9.17, 15) is 18.3 Å². The first-order valence-corrected chi connectivity index (χ1v) is 6.17. The normalized spacial score (nSPS) is 23.8. The number of hydrogen-bond acceptors (Lipinski definition) is 6. The number of halogens is 3. The van der Waals surface area contributed by atoms with E-state index in [1.807, 2.05) is 6.92 Å². The van der Waals surface area contributed by atoms with Crippen LogP contribution < -0.4 is 16.2 Å². The van der Waals surface area contributed by atoms with Crippen LogP contribution in [0.5, 0.6) is 0 Å². The number of nitrogen functional groups attached to an aromatic ring is 1. The first kappa shape index (κ1) is 14.8. The zero-order chi connectivity index (χ0) is 14.9. The van der Waals surface area contributed by atoms with E-state index in [0.717, 1.165) is 0 Å². The number of nitrogens with zero attached hydrogens (tertiary/aromatic N) is 3. The summed E-state index contributed by atoms with van der Waals surface area (Å²) in [5.41, 5.74) is 2.10. The van der Waals surface area contributed by atoms with E-state index in [1.165, 1.54) is 6.07 Å². The predicted octanol–water partition coefficient (Wildman–Crippen LogP) is 0.988. The molecule has 0 radical (unpaired) electrons. The minimum Gasteiger partial charge on any atom is -0.391 e. The summed E-state index contributed by atoms with van der Waals surface area (Å²) in [5.74, 6) is 3.98. The van der Waals surface area contributed by atoms with Crippen molar-refractivity contribution in [3.05, 3.63) is 11.9 Å². The van der Waals surface area contributed by atoms with Crippen LogP contribution in [0, 0.1) is 5.92 Å². The van der Waals surface area contributed by atoms with Crippen LogP contribution >= 0.6 is 0 Å². The summed E-state index contributed by atoms with van der Waals surface area (Å²) in [6.45, 7) is 2.66. The van der Waals surface area contributed by atoms with Crippen molar-refractivity contribution in [2.75, 3.05) is 23.4 Å². The third-order valence-corrected chi connectivity index (χ3v) is 3.36. The number of β-amino-alcohol motifs (C(OH)–C–C–N with tert-alkyl or cyclic N) is 1. The maximum Gasteiger partial charge on any atom is 0.451 e. The van der Waals surface area contributed by atoms with Gasteiger partial charge < -0.3 is 15.4 Å². The van der Waals surface area contributed by atoms with Crippen molar-refractivity contribution in [2.45, 2.75) is 25.6 Å². The topological polar surface area (TPSA) is 87.3 Å². The Hall–Kier alpha value is -1.61. The Kier molecular flexibility index (Phi) is 4.00. The van der Waals surface area contributed by atoms with Crippen molar-refractivity contribution in [2.24, 2.45) is 11.8 Å². The van der Waals surface area contributed by atoms with Gasteiger partial charge in [-0.25, -0.2) is 15.8 Å². The SMILES string of the molecule is CC1CCN(c2cc(NN)nc(C(F)(F)F)n2)CC1O. The standard InChI is InChI=1S/C11H16F3N5O/c1-6-2-3-19(5-7(6)20)9-4-8(18-15)16-10(17-9)11(12,13)14/h4,6-7,20H,2-3,5,15H2,1H3,(H,16,17,18). The van der Waals surface area contributed by atoms with E-state index in [2.05, 4.69) is 15.4 Å². The van der Waals surface area contributed by atoms with Crippen molar-refractivity contribution in [1.82, 2.24) is 9.97 Å². The Morgan fingerprint density at radius 2 is 2.15 bits per heavy atom. The van der Waals surface area contributed by atoms with Crippen molar-refractivity contribution in [3.63, 3.8) is 0 Å². The molecule has 1 aliphatic rings. The van der Waals surface area contributed by atoms with Crippen molar-refractivity contribution < 1.29 is 18.3 Å². The second kappa shape index (κ2) is 5.41. The fraction of sp³-hybridized carbons (Fsp3) is 0.636. The largest absolute Gasteiger partial charge is 0.451 e. The van der Waals surface area contributed by atoms with Crippen molar-refractivity contribution in [3.8, 4) is 0 Å². The molecule has 0 saturated carbocycles. The molecule has 1 aromatic rings. The first-order valence-electron chi connectivity index (χ1n) is 6.17. The van der Waals surface area contributed by atoms with Crippen LogP contribution in [0.25, 0.3) is 0 Å². The lowest BCUT2D eigenvalue weighted by Crippen LogP contribution is -2.43. The molecule has 0 bridgehead atoms. The molecule has 2 atom stereocenters. The number of piperidine rings is 1. The van der Waals surface area contributed by atoms with E-state index < -0.39 is 18.1 Å². The number of nitrogens with two attached hydrogens (primary N) is 1. The summed E-state index contributed by atoms with van der Waals surface area (Å²) in [6.07, 6.45) is -4.57. The van der Waals surface area contributed by atoms with E-state index in [0.29, 0.717) is 13.0 Å². The number of hydrazine groups is 1. The third-order valence-electron chi connectivity index (χ3n) is 3.36. The maximum atomic E-state index is 12.7. The smallest absolute Gasteiger partial charge is 0.391 e. The first-order chi connectivity index (χ1) is 9.31. The van der Waals surface area contributed by atoms with E-state index in [1.54, 1.807) is 4.90 Å². The Morgan fingerprint density at radius 1 is 1.45 bits per heavy atom. The van der Waals surface area contributed by atoms with Gasteiger partial charge in [0.15, 0.2) is 0 Å². The van der Waals surface area contributed by atoms with Crippen LogP contribution in [0.3, 0.4) is 0 Å². The van der Waals surface area contributed by atoms with Crippen LogP contribution in [0.1, 0.15) is 19.2 Å². The van der Waals surface area contributed by atoms with Crippen LogP contribution in [0.4, 0.5) is 24.8 Å². The molecule has 1 fully saturated rings. The molecule has 6 nitrogen and oxygen atoms in total. The Balaban J connectivity index is 2.31. The minimum absolute atomic E-state index is 0.103. The number of aliphatic hydroxyl groups is 1. The van der Waals surface area contributed by atoms with Crippen LogP contribution in [0.2, 0.25) is 0 Å². The lowest BCUT2D eigenvalue weighted by atomic mass is 9.96. The summed E-state index contributed by atoms with van der Waals surface area (Å²) in [4.78, 5) is 8.41. The predicted molar refractivity (Wildman–Crippen MR) is 66.8 cm³/mol. The van der Waals surface area contributed by atoms with Gasteiger partial charge in [0.1, 0.15) is 11.6 Å².